The summed E-state index contributed by atoms with van der Waals surface area (Å²) in [5, 5.41) is -0.471. The Bertz CT molecular complexity index is 1780. The number of thioether (sulfide) groups is 1. The third kappa shape index (κ3) is 5.77. The number of alkyl halides is 3. The molecule has 4 heterocycles. The third-order valence-corrected chi connectivity index (χ3v) is 10.4. The van der Waals surface area contributed by atoms with Crippen molar-refractivity contribution in [3.05, 3.63) is 63.6 Å². The monoisotopic (exact) mass is 683 g/mol. The molecule has 3 aliphatic rings. The van der Waals surface area contributed by atoms with Crippen molar-refractivity contribution in [2.24, 2.45) is 0 Å². The van der Waals surface area contributed by atoms with E-state index in [1.165, 1.54) is 10.6 Å². The number of halogens is 6. The minimum atomic E-state index is -4.98. The fourth-order valence-electron chi connectivity index (χ4n) is 6.58. The predicted molar refractivity (Wildman–Crippen MR) is 166 cm³/mol. The van der Waals surface area contributed by atoms with Crippen LogP contribution in [0.3, 0.4) is 0 Å². The molecule has 1 amide bonds. The molecule has 3 aliphatic heterocycles. The molecule has 2 aromatic carbocycles. The molecular formula is C31H31ClF5N5O3S. The summed E-state index contributed by atoms with van der Waals surface area (Å²) in [4.78, 5) is 36.3. The zero-order valence-corrected chi connectivity index (χ0v) is 26.6. The highest BCUT2D eigenvalue weighted by Gasteiger charge is 2.41. The summed E-state index contributed by atoms with van der Waals surface area (Å²) in [7, 11) is 0. The minimum absolute atomic E-state index is 0.0316. The van der Waals surface area contributed by atoms with Crippen molar-refractivity contribution in [2.75, 3.05) is 50.0 Å². The molecule has 3 aromatic rings. The summed E-state index contributed by atoms with van der Waals surface area (Å²) < 4.78 is 81.6. The molecule has 2 saturated heterocycles. The summed E-state index contributed by atoms with van der Waals surface area (Å²) in [5.74, 6) is -2.28. The first-order valence-electron chi connectivity index (χ1n) is 14.8. The van der Waals surface area contributed by atoms with Crippen molar-refractivity contribution in [1.82, 2.24) is 19.4 Å². The molecule has 0 saturated carbocycles. The molecule has 3 atom stereocenters. The molecule has 0 N–H and O–H groups in total. The Balaban J connectivity index is 1.64. The van der Waals surface area contributed by atoms with Gasteiger partial charge < -0.3 is 14.5 Å². The summed E-state index contributed by atoms with van der Waals surface area (Å²) in [6.45, 7) is 9.77. The molecule has 246 valence electrons. The lowest BCUT2D eigenvalue weighted by Crippen LogP contribution is -2.58. The van der Waals surface area contributed by atoms with Gasteiger partial charge in [-0.3, -0.25) is 14.3 Å². The summed E-state index contributed by atoms with van der Waals surface area (Å²) in [6, 6.07) is 1.16. The number of rotatable bonds is 4. The maximum atomic E-state index is 15.4. The van der Waals surface area contributed by atoms with Crippen molar-refractivity contribution in [3.63, 3.8) is 0 Å². The summed E-state index contributed by atoms with van der Waals surface area (Å²) in [6.07, 6.45) is -3.77. The van der Waals surface area contributed by atoms with Crippen LogP contribution in [0, 0.1) is 11.6 Å². The highest BCUT2D eigenvalue weighted by molar-refractivity contribution is 7.99. The molecule has 46 heavy (non-hydrogen) atoms. The van der Waals surface area contributed by atoms with Gasteiger partial charge in [-0.25, -0.2) is 13.6 Å². The van der Waals surface area contributed by atoms with Crippen LogP contribution in [0.25, 0.3) is 22.0 Å². The topological polar surface area (TPSA) is 70.9 Å². The van der Waals surface area contributed by atoms with E-state index in [0.717, 1.165) is 23.9 Å². The van der Waals surface area contributed by atoms with E-state index in [2.05, 4.69) is 16.5 Å². The van der Waals surface area contributed by atoms with E-state index in [9.17, 15) is 14.0 Å². The molecule has 6 rings (SSSR count). The maximum absolute atomic E-state index is 15.4. The van der Waals surface area contributed by atoms with Crippen LogP contribution < -0.4 is 10.6 Å². The van der Waals surface area contributed by atoms with Crippen LogP contribution in [-0.4, -0.2) is 88.5 Å². The van der Waals surface area contributed by atoms with Gasteiger partial charge in [-0.05, 0) is 32.1 Å². The summed E-state index contributed by atoms with van der Waals surface area (Å²) in [5.41, 5.74) is -2.69. The summed E-state index contributed by atoms with van der Waals surface area (Å²) >= 11 is 7.08. The first kappa shape index (κ1) is 32.7. The number of amides is 1. The van der Waals surface area contributed by atoms with Gasteiger partial charge in [0.25, 0.3) is 0 Å². The van der Waals surface area contributed by atoms with Crippen LogP contribution >= 0.6 is 23.4 Å². The normalized spacial score (nSPS) is 22.7. The van der Waals surface area contributed by atoms with Crippen molar-refractivity contribution in [3.8, 4) is 11.1 Å². The minimum Gasteiger partial charge on any atom is -0.379 e. The van der Waals surface area contributed by atoms with Crippen LogP contribution in [0.15, 0.2) is 40.5 Å². The largest absolute Gasteiger partial charge is 0.417 e. The number of hydrogen-bond acceptors (Lipinski definition) is 7. The van der Waals surface area contributed by atoms with Crippen molar-refractivity contribution in [1.29, 1.82) is 0 Å². The molecule has 2 fully saturated rings. The van der Waals surface area contributed by atoms with E-state index in [0.29, 0.717) is 32.4 Å². The zero-order chi connectivity index (χ0) is 33.1. The number of anilines is 1. The first-order valence-corrected chi connectivity index (χ1v) is 16.1. The standard InChI is InChI=1S/C31H31ClF5N5O3S/c1-4-25(43)40-12-17(3)41(13-16(40)2)29-20-9-21(31(35,36)37)26(19-10-22(32)24(34)11-23(19)33)28-27(20)42(30(44)38-29)14-18(15-46-28)39-5-7-45-8-6-39/h4,9-11,16-18H,1,5-8,12-15H2,2-3H3/t16-,17+,18?/m1/s1. The second-order valence-electron chi connectivity index (χ2n) is 11.8. The number of carbonyl (C=O) groups is 1. The second kappa shape index (κ2) is 12.4. The Morgan fingerprint density at radius 3 is 2.48 bits per heavy atom. The van der Waals surface area contributed by atoms with Crippen LogP contribution in [0.2, 0.25) is 5.02 Å². The lowest BCUT2D eigenvalue weighted by molar-refractivity contribution is -0.137. The molecule has 1 unspecified atom stereocenters. The molecule has 8 nitrogen and oxygen atoms in total. The zero-order valence-electron chi connectivity index (χ0n) is 25.0. The molecular weight excluding hydrogens is 653 g/mol. The molecule has 0 aliphatic carbocycles. The fraction of sp³-hybridized carbons (Fsp3) is 0.452. The lowest BCUT2D eigenvalue weighted by atomic mass is 9.95. The van der Waals surface area contributed by atoms with Gasteiger partial charge in [0.05, 0.1) is 29.3 Å². The average molecular weight is 684 g/mol. The SMILES string of the molecule is C=CC(=O)N1C[C@H](C)N(c2nc(=O)n3c4c(c(-c5cc(Cl)c(F)cc5F)c(C(F)(F)F)cc24)SCC(N2CCOCC2)C3)C[C@H]1C. The highest BCUT2D eigenvalue weighted by Crippen LogP contribution is 2.49. The van der Waals surface area contributed by atoms with Gasteiger partial charge in [0, 0.05) is 84.1 Å². The van der Waals surface area contributed by atoms with Crippen molar-refractivity contribution in [2.45, 2.75) is 49.6 Å². The average Bonchev–Trinajstić information content (AvgIpc) is 3.22. The quantitative estimate of drug-likeness (QED) is 0.206. The van der Waals surface area contributed by atoms with Gasteiger partial charge in [-0.1, -0.05) is 18.2 Å². The molecule has 0 bridgehead atoms. The number of ether oxygens (including phenoxy) is 1. The van der Waals surface area contributed by atoms with E-state index in [4.69, 9.17) is 16.3 Å². The molecule has 15 heteroatoms. The fourth-order valence-corrected chi connectivity index (χ4v) is 8.14. The maximum Gasteiger partial charge on any atom is 0.417 e. The number of benzene rings is 2. The lowest BCUT2D eigenvalue weighted by Gasteiger charge is -2.44. The van der Waals surface area contributed by atoms with E-state index >= 15 is 17.6 Å². The predicted octanol–water partition coefficient (Wildman–Crippen LogP) is 5.43. The van der Waals surface area contributed by atoms with Gasteiger partial charge >= 0.3 is 11.9 Å². The number of piperazine rings is 1. The number of morpholine rings is 1. The van der Waals surface area contributed by atoms with Gasteiger partial charge in [0.2, 0.25) is 5.91 Å². The van der Waals surface area contributed by atoms with Crippen LogP contribution in [0.4, 0.5) is 27.8 Å². The van der Waals surface area contributed by atoms with Crippen LogP contribution in [-0.2, 0) is 22.3 Å². The van der Waals surface area contributed by atoms with Gasteiger partial charge in [-0.15, -0.1) is 11.8 Å². The number of carbonyl (C=O) groups excluding carboxylic acids is 1. The smallest absolute Gasteiger partial charge is 0.379 e. The van der Waals surface area contributed by atoms with E-state index < -0.39 is 51.3 Å². The van der Waals surface area contributed by atoms with E-state index in [1.807, 2.05) is 0 Å². The Labute approximate surface area is 270 Å². The highest BCUT2D eigenvalue weighted by atomic mass is 35.5. The van der Waals surface area contributed by atoms with Crippen LogP contribution in [0.5, 0.6) is 0 Å². The number of nitrogens with zero attached hydrogens (tertiary/aromatic N) is 5. The Morgan fingerprint density at radius 1 is 1.09 bits per heavy atom. The Hall–Kier alpha value is -3.20. The van der Waals surface area contributed by atoms with Gasteiger partial charge in [0.1, 0.15) is 17.5 Å². The van der Waals surface area contributed by atoms with Crippen LogP contribution in [0.1, 0.15) is 19.4 Å². The van der Waals surface area contributed by atoms with Crippen molar-refractivity contribution >= 4 is 46.0 Å². The Kier molecular flexibility index (Phi) is 8.85. The third-order valence-electron chi connectivity index (χ3n) is 8.87. The molecule has 1 aromatic heterocycles. The van der Waals surface area contributed by atoms with Gasteiger partial charge in [0.15, 0.2) is 0 Å². The molecule has 0 radical (unpaired) electrons. The molecule has 0 spiro atoms. The van der Waals surface area contributed by atoms with E-state index in [1.54, 1.807) is 23.6 Å². The number of aromatic nitrogens is 2. The van der Waals surface area contributed by atoms with E-state index in [-0.39, 0.29) is 65.0 Å². The number of hydrogen-bond donors (Lipinski definition) is 0. The van der Waals surface area contributed by atoms with Gasteiger partial charge in [-0.2, -0.15) is 18.2 Å². The Morgan fingerprint density at radius 2 is 1.80 bits per heavy atom. The van der Waals surface area contributed by atoms with Crippen molar-refractivity contribution < 1.29 is 31.5 Å². The first-order chi connectivity index (χ1) is 21.8. The second-order valence-corrected chi connectivity index (χ2v) is 13.2.